The summed E-state index contributed by atoms with van der Waals surface area (Å²) in [6, 6.07) is 1.97. The number of carbonyl (C=O) groups is 2. The summed E-state index contributed by atoms with van der Waals surface area (Å²) >= 11 is 5.62. The number of hydrogen-bond acceptors (Lipinski definition) is 3. The highest BCUT2D eigenvalue weighted by Gasteiger charge is 2.24. The van der Waals surface area contributed by atoms with E-state index in [0.717, 1.165) is 0 Å². The van der Waals surface area contributed by atoms with Crippen molar-refractivity contribution in [3.63, 3.8) is 0 Å². The largest absolute Gasteiger partial charge is 0.478 e. The van der Waals surface area contributed by atoms with Gasteiger partial charge in [-0.3, -0.25) is 4.79 Å². The number of benzene rings is 1. The van der Waals surface area contributed by atoms with Gasteiger partial charge in [-0.15, -0.1) is 0 Å². The molecule has 0 bridgehead atoms. The lowest BCUT2D eigenvalue weighted by Crippen LogP contribution is -2.15. The molecular formula is C10H5I3N2O3. The Morgan fingerprint density at radius 3 is 2.17 bits per heavy atom. The number of hydrogen-bond donors (Lipinski definition) is 2. The van der Waals surface area contributed by atoms with Crippen molar-refractivity contribution >= 4 is 85.3 Å². The maximum atomic E-state index is 11.2. The minimum absolute atomic E-state index is 0.0388. The smallest absolute Gasteiger partial charge is 0.337 e. The molecule has 0 aliphatic rings. The quantitative estimate of drug-likeness (QED) is 0.526. The van der Waals surface area contributed by atoms with Crippen LogP contribution in [0.25, 0.3) is 0 Å². The van der Waals surface area contributed by atoms with E-state index in [9.17, 15) is 14.7 Å². The zero-order chi connectivity index (χ0) is 14.0. The molecule has 0 atom stereocenters. The molecule has 1 rings (SSSR count). The third-order valence-electron chi connectivity index (χ3n) is 1.94. The van der Waals surface area contributed by atoms with Crippen molar-refractivity contribution in [2.24, 2.45) is 0 Å². The highest BCUT2D eigenvalue weighted by Crippen LogP contribution is 2.35. The van der Waals surface area contributed by atoms with Gasteiger partial charge in [-0.2, -0.15) is 5.26 Å². The standard InChI is InChI=1S/C10H5I3N2O3/c1-3(16)15-9-7(12)4(2-14)6(11)5(8(9)13)10(17)18/h1H3,(H,15,16)(H,17,18). The van der Waals surface area contributed by atoms with Crippen LogP contribution in [0, 0.1) is 22.0 Å². The molecule has 8 heteroatoms. The molecule has 0 fully saturated rings. The molecule has 2 N–H and O–H groups in total. The number of rotatable bonds is 2. The van der Waals surface area contributed by atoms with Crippen molar-refractivity contribution in [1.82, 2.24) is 0 Å². The maximum Gasteiger partial charge on any atom is 0.337 e. The molecule has 0 radical (unpaired) electrons. The fourth-order valence-corrected chi connectivity index (χ4v) is 5.37. The van der Waals surface area contributed by atoms with Crippen LogP contribution in [-0.4, -0.2) is 17.0 Å². The van der Waals surface area contributed by atoms with E-state index in [1.165, 1.54) is 6.92 Å². The van der Waals surface area contributed by atoms with Crippen LogP contribution in [0.3, 0.4) is 0 Å². The summed E-state index contributed by atoms with van der Waals surface area (Å²) in [7, 11) is 0. The Balaban J connectivity index is 3.73. The van der Waals surface area contributed by atoms with Gasteiger partial charge in [0, 0.05) is 10.5 Å². The molecule has 0 spiro atoms. The van der Waals surface area contributed by atoms with E-state index in [2.05, 4.69) is 5.32 Å². The molecule has 18 heavy (non-hydrogen) atoms. The number of amides is 1. The molecule has 1 aromatic rings. The number of carbonyl (C=O) groups excluding carboxylic acids is 1. The lowest BCUT2D eigenvalue weighted by atomic mass is 10.1. The van der Waals surface area contributed by atoms with E-state index < -0.39 is 5.97 Å². The molecular weight excluding hydrogens is 577 g/mol. The van der Waals surface area contributed by atoms with Gasteiger partial charge in [-0.1, -0.05) is 0 Å². The Morgan fingerprint density at radius 2 is 1.78 bits per heavy atom. The molecule has 0 aliphatic heterocycles. The third kappa shape index (κ3) is 3.05. The molecule has 0 unspecified atom stereocenters. The van der Waals surface area contributed by atoms with Gasteiger partial charge >= 0.3 is 5.97 Å². The molecule has 94 valence electrons. The van der Waals surface area contributed by atoms with E-state index in [4.69, 9.17) is 5.26 Å². The summed E-state index contributed by atoms with van der Waals surface area (Å²) in [4.78, 5) is 22.4. The van der Waals surface area contributed by atoms with Crippen molar-refractivity contribution in [1.29, 1.82) is 5.26 Å². The molecule has 0 saturated carbocycles. The second-order valence-corrected chi connectivity index (χ2v) is 6.40. The van der Waals surface area contributed by atoms with Crippen LogP contribution in [0.1, 0.15) is 22.8 Å². The van der Waals surface area contributed by atoms with E-state index in [1.807, 2.05) is 73.8 Å². The van der Waals surface area contributed by atoms with Gasteiger partial charge in [0.25, 0.3) is 0 Å². The number of nitrogens with one attached hydrogen (secondary N) is 1. The highest BCUT2D eigenvalue weighted by atomic mass is 127. The number of carboxylic acids is 1. The number of aromatic carboxylic acids is 1. The highest BCUT2D eigenvalue weighted by molar-refractivity contribution is 14.1. The first-order valence-electron chi connectivity index (χ1n) is 4.42. The molecule has 5 nitrogen and oxygen atoms in total. The predicted molar refractivity (Wildman–Crippen MR) is 90.6 cm³/mol. The van der Waals surface area contributed by atoms with E-state index in [0.29, 0.717) is 16.4 Å². The third-order valence-corrected chi connectivity index (χ3v) is 5.18. The van der Waals surface area contributed by atoms with Crippen LogP contribution < -0.4 is 5.32 Å². The summed E-state index contributed by atoms with van der Waals surface area (Å²) in [5.74, 6) is -1.43. The van der Waals surface area contributed by atoms with E-state index in [-0.39, 0.29) is 17.0 Å². The number of nitrogens with zero attached hydrogens (tertiary/aromatic N) is 1. The minimum atomic E-state index is -1.12. The van der Waals surface area contributed by atoms with Crippen molar-refractivity contribution in [2.75, 3.05) is 5.32 Å². The Bertz CT molecular complexity index is 593. The van der Waals surface area contributed by atoms with Crippen LogP contribution in [0.15, 0.2) is 0 Å². The average Bonchev–Trinajstić information content (AvgIpc) is 2.24. The van der Waals surface area contributed by atoms with Crippen LogP contribution in [-0.2, 0) is 4.79 Å². The normalized spacial score (nSPS) is 9.72. The number of anilines is 1. The summed E-state index contributed by atoms with van der Waals surface area (Å²) in [6.07, 6.45) is 0. The Kier molecular flexibility index (Phi) is 5.59. The molecule has 0 saturated heterocycles. The van der Waals surface area contributed by atoms with Crippen LogP contribution >= 0.6 is 67.8 Å². The molecule has 0 heterocycles. The van der Waals surface area contributed by atoms with Crippen molar-refractivity contribution in [2.45, 2.75) is 6.92 Å². The van der Waals surface area contributed by atoms with Gasteiger partial charge in [-0.05, 0) is 67.8 Å². The van der Waals surface area contributed by atoms with Crippen LogP contribution in [0.2, 0.25) is 0 Å². The first-order chi connectivity index (χ1) is 8.31. The minimum Gasteiger partial charge on any atom is -0.478 e. The van der Waals surface area contributed by atoms with Crippen molar-refractivity contribution < 1.29 is 14.7 Å². The lowest BCUT2D eigenvalue weighted by Gasteiger charge is -2.14. The number of halogens is 3. The number of carboxylic acid groups (broad SMARTS) is 1. The van der Waals surface area contributed by atoms with Gasteiger partial charge in [0.1, 0.15) is 6.07 Å². The van der Waals surface area contributed by atoms with Crippen LogP contribution in [0.5, 0.6) is 0 Å². The molecule has 0 aromatic heterocycles. The van der Waals surface area contributed by atoms with Gasteiger partial charge in [-0.25, -0.2) is 4.79 Å². The van der Waals surface area contributed by atoms with Gasteiger partial charge < -0.3 is 10.4 Å². The van der Waals surface area contributed by atoms with Gasteiger partial charge in [0.2, 0.25) is 5.91 Å². The molecule has 1 aromatic carbocycles. The zero-order valence-corrected chi connectivity index (χ0v) is 15.3. The first kappa shape index (κ1) is 15.9. The Hall–Kier alpha value is -0.160. The summed E-state index contributed by atoms with van der Waals surface area (Å²) < 4.78 is 1.35. The van der Waals surface area contributed by atoms with Gasteiger partial charge in [0.05, 0.1) is 24.0 Å². The Labute approximate surface area is 144 Å². The van der Waals surface area contributed by atoms with E-state index in [1.54, 1.807) is 0 Å². The summed E-state index contributed by atoms with van der Waals surface area (Å²) in [6.45, 7) is 1.33. The fraction of sp³-hybridized carbons (Fsp3) is 0.100. The van der Waals surface area contributed by atoms with Crippen molar-refractivity contribution in [3.8, 4) is 6.07 Å². The summed E-state index contributed by atoms with van der Waals surface area (Å²) in [5.41, 5.74) is 0.674. The number of nitriles is 1. The second-order valence-electron chi connectivity index (χ2n) is 3.17. The lowest BCUT2D eigenvalue weighted by molar-refractivity contribution is -0.114. The summed E-state index contributed by atoms with van der Waals surface area (Å²) in [5, 5.41) is 20.8. The zero-order valence-electron chi connectivity index (χ0n) is 8.84. The van der Waals surface area contributed by atoms with Crippen molar-refractivity contribution in [3.05, 3.63) is 21.8 Å². The fourth-order valence-electron chi connectivity index (χ4n) is 1.24. The Morgan fingerprint density at radius 1 is 1.22 bits per heavy atom. The average molecular weight is 582 g/mol. The topological polar surface area (TPSA) is 90.2 Å². The molecule has 1 amide bonds. The second kappa shape index (κ2) is 6.33. The SMILES string of the molecule is CC(=O)Nc1c(I)c(C#N)c(I)c(C(=O)O)c1I. The monoisotopic (exact) mass is 582 g/mol. The van der Waals surface area contributed by atoms with Crippen LogP contribution in [0.4, 0.5) is 5.69 Å². The predicted octanol–water partition coefficient (Wildman–Crippen LogP) is 3.03. The van der Waals surface area contributed by atoms with E-state index >= 15 is 0 Å². The van der Waals surface area contributed by atoms with Gasteiger partial charge in [0.15, 0.2) is 0 Å². The maximum absolute atomic E-state index is 11.2. The first-order valence-corrected chi connectivity index (χ1v) is 7.66. The molecule has 0 aliphatic carbocycles.